The highest BCUT2D eigenvalue weighted by Crippen LogP contribution is 2.50. The molecule has 0 N–H and O–H groups in total. The van der Waals surface area contributed by atoms with E-state index in [1.807, 2.05) is 30.3 Å². The van der Waals surface area contributed by atoms with Crippen molar-refractivity contribution in [1.82, 2.24) is 15.0 Å². The molecule has 0 saturated carbocycles. The van der Waals surface area contributed by atoms with E-state index in [1.54, 1.807) is 0 Å². The van der Waals surface area contributed by atoms with Crippen LogP contribution in [0.4, 0.5) is 0 Å². The van der Waals surface area contributed by atoms with Gasteiger partial charge in [0.2, 0.25) is 0 Å². The Kier molecular flexibility index (Phi) is 10.2. The molecule has 0 aliphatic rings. The maximum Gasteiger partial charge on any atom is 0.164 e. The number of rotatable bonds is 9. The number of fused-ring (bicyclic) bond motifs is 3. The van der Waals surface area contributed by atoms with Crippen molar-refractivity contribution >= 4 is 21.9 Å². The predicted molar refractivity (Wildman–Crippen MR) is 276 cm³/mol. The van der Waals surface area contributed by atoms with E-state index >= 15 is 0 Å². The van der Waals surface area contributed by atoms with Crippen LogP contribution >= 0.6 is 0 Å². The first kappa shape index (κ1) is 39.6. The van der Waals surface area contributed by atoms with E-state index < -0.39 is 0 Å². The average Bonchev–Trinajstić information content (AvgIpc) is 3.79. The molecule has 0 aliphatic carbocycles. The zero-order valence-corrected chi connectivity index (χ0v) is 36.4. The van der Waals surface area contributed by atoms with Gasteiger partial charge in [-0.25, -0.2) is 15.0 Å². The van der Waals surface area contributed by atoms with E-state index in [-0.39, 0.29) is 0 Å². The van der Waals surface area contributed by atoms with Crippen LogP contribution in [0.1, 0.15) is 0 Å². The van der Waals surface area contributed by atoms with Crippen molar-refractivity contribution in [1.29, 1.82) is 0 Å². The third-order valence-corrected chi connectivity index (χ3v) is 12.6. The van der Waals surface area contributed by atoms with Crippen molar-refractivity contribution in [2.75, 3.05) is 0 Å². The Bertz CT molecular complexity index is 3680. The van der Waals surface area contributed by atoms with Crippen LogP contribution in [0.2, 0.25) is 0 Å². The zero-order chi connectivity index (χ0) is 44.5. The van der Waals surface area contributed by atoms with Crippen molar-refractivity contribution in [3.05, 3.63) is 249 Å². The van der Waals surface area contributed by atoms with Crippen LogP contribution in [-0.4, -0.2) is 15.0 Å². The molecule has 4 nitrogen and oxygen atoms in total. The number of hydrogen-bond acceptors (Lipinski definition) is 4. The normalized spacial score (nSPS) is 11.3. The Morgan fingerprint density at radius 1 is 0.224 bits per heavy atom. The van der Waals surface area contributed by atoms with E-state index in [1.165, 1.54) is 16.7 Å². The summed E-state index contributed by atoms with van der Waals surface area (Å²) in [4.78, 5) is 15.5. The Morgan fingerprint density at radius 2 is 0.567 bits per heavy atom. The van der Waals surface area contributed by atoms with Gasteiger partial charge in [-0.05, 0) is 91.0 Å². The summed E-state index contributed by atoms with van der Waals surface area (Å²) in [7, 11) is 0. The molecule has 4 heteroatoms. The number of furan rings is 1. The van der Waals surface area contributed by atoms with Crippen LogP contribution in [0.5, 0.6) is 0 Å². The first-order chi connectivity index (χ1) is 33.2. The van der Waals surface area contributed by atoms with Gasteiger partial charge in [-0.3, -0.25) is 0 Å². The van der Waals surface area contributed by atoms with Crippen LogP contribution < -0.4 is 0 Å². The van der Waals surface area contributed by atoms with E-state index in [0.29, 0.717) is 17.5 Å². The lowest BCUT2D eigenvalue weighted by Crippen LogP contribution is -2.00. The number of hydrogen-bond donors (Lipinski definition) is 0. The average molecular weight is 856 g/mol. The molecule has 0 fully saturated rings. The molecule has 0 aliphatic heterocycles. The van der Waals surface area contributed by atoms with Gasteiger partial charge in [-0.1, -0.05) is 224 Å². The third kappa shape index (κ3) is 7.57. The van der Waals surface area contributed by atoms with Gasteiger partial charge in [0.1, 0.15) is 11.2 Å². The van der Waals surface area contributed by atoms with E-state index in [4.69, 9.17) is 19.4 Å². The van der Waals surface area contributed by atoms with Gasteiger partial charge in [0.15, 0.2) is 17.5 Å². The Balaban J connectivity index is 1.04. The first-order valence-corrected chi connectivity index (χ1v) is 22.6. The Labute approximate surface area is 389 Å². The summed E-state index contributed by atoms with van der Waals surface area (Å²) in [5, 5.41) is 2.13. The lowest BCUT2D eigenvalue weighted by molar-refractivity contribution is 0.669. The monoisotopic (exact) mass is 855 g/mol. The Morgan fingerprint density at radius 3 is 1.09 bits per heavy atom. The molecule has 0 saturated heterocycles. The quantitative estimate of drug-likeness (QED) is 0.145. The lowest BCUT2D eigenvalue weighted by Gasteiger charge is -2.24. The fraction of sp³-hybridized carbons (Fsp3) is 0. The highest BCUT2D eigenvalue weighted by Gasteiger charge is 2.24. The Hall–Kier alpha value is -8.99. The van der Waals surface area contributed by atoms with Crippen molar-refractivity contribution in [2.24, 2.45) is 0 Å². The molecule has 314 valence electrons. The molecule has 12 aromatic rings. The van der Waals surface area contributed by atoms with Crippen molar-refractivity contribution < 1.29 is 4.42 Å². The number of para-hydroxylation sites is 1. The van der Waals surface area contributed by atoms with Gasteiger partial charge < -0.3 is 4.42 Å². The highest BCUT2D eigenvalue weighted by molar-refractivity contribution is 6.08. The summed E-state index contributed by atoms with van der Waals surface area (Å²) in [6, 6.07) is 87.4. The number of nitrogens with zero attached hydrogens (tertiary/aromatic N) is 3. The van der Waals surface area contributed by atoms with Crippen molar-refractivity contribution in [2.45, 2.75) is 0 Å². The van der Waals surface area contributed by atoms with Crippen LogP contribution in [-0.2, 0) is 0 Å². The first-order valence-electron chi connectivity index (χ1n) is 22.6. The fourth-order valence-corrected chi connectivity index (χ4v) is 9.33. The van der Waals surface area contributed by atoms with Gasteiger partial charge in [0, 0.05) is 27.5 Å². The van der Waals surface area contributed by atoms with Crippen LogP contribution in [0.3, 0.4) is 0 Å². The summed E-state index contributed by atoms with van der Waals surface area (Å²) < 4.78 is 6.33. The van der Waals surface area contributed by atoms with Gasteiger partial charge in [-0.2, -0.15) is 0 Å². The lowest BCUT2D eigenvalue weighted by atomic mass is 9.79. The van der Waals surface area contributed by atoms with Crippen LogP contribution in [0.15, 0.2) is 253 Å². The summed E-state index contributed by atoms with van der Waals surface area (Å²) >= 11 is 0. The molecule has 0 atom stereocenters. The minimum Gasteiger partial charge on any atom is -0.456 e. The van der Waals surface area contributed by atoms with Crippen molar-refractivity contribution in [3.8, 4) is 101 Å². The molecule has 0 bridgehead atoms. The predicted octanol–water partition coefficient (Wildman–Crippen LogP) is 16.8. The van der Waals surface area contributed by atoms with E-state index in [2.05, 4.69) is 218 Å². The minimum atomic E-state index is 0.571. The number of benzene rings is 10. The molecular formula is C63H41N3O. The minimum absolute atomic E-state index is 0.571. The molecule has 10 aromatic carbocycles. The zero-order valence-electron chi connectivity index (χ0n) is 36.4. The molecule has 2 heterocycles. The molecular weight excluding hydrogens is 815 g/mol. The maximum atomic E-state index is 6.33. The van der Waals surface area contributed by atoms with Gasteiger partial charge in [-0.15, -0.1) is 0 Å². The second kappa shape index (κ2) is 17.2. The van der Waals surface area contributed by atoms with Gasteiger partial charge in [0.25, 0.3) is 0 Å². The summed E-state index contributed by atoms with van der Waals surface area (Å²) in [5.74, 6) is 1.75. The van der Waals surface area contributed by atoms with Crippen LogP contribution in [0.25, 0.3) is 123 Å². The molecule has 0 amide bonds. The number of aromatic nitrogens is 3. The standard InChI is InChI=1S/C63H41N3O/c1-6-18-42(19-7-1)43-30-34-49(35-31-43)61-64-62(66-63(65-61)51-38-39-53-52-28-16-17-29-56(52)67-57(53)40-51)50-36-32-45(33-37-50)55-41-54(44-20-8-2-9-21-44)58(46-22-10-3-11-23-46)60(48-26-14-5-15-27-48)59(55)47-24-12-4-13-25-47/h1-41H. The fourth-order valence-electron chi connectivity index (χ4n) is 9.33. The van der Waals surface area contributed by atoms with Gasteiger partial charge in [0.05, 0.1) is 0 Å². The van der Waals surface area contributed by atoms with E-state index in [0.717, 1.165) is 88.7 Å². The van der Waals surface area contributed by atoms with Gasteiger partial charge >= 0.3 is 0 Å². The van der Waals surface area contributed by atoms with E-state index in [9.17, 15) is 0 Å². The second-order valence-corrected chi connectivity index (χ2v) is 16.7. The topological polar surface area (TPSA) is 51.8 Å². The summed E-state index contributed by atoms with van der Waals surface area (Å²) in [6.45, 7) is 0. The molecule has 0 radical (unpaired) electrons. The largest absolute Gasteiger partial charge is 0.456 e. The molecule has 67 heavy (non-hydrogen) atoms. The van der Waals surface area contributed by atoms with Crippen molar-refractivity contribution in [3.63, 3.8) is 0 Å². The maximum absolute atomic E-state index is 6.33. The molecule has 0 unspecified atom stereocenters. The molecule has 2 aromatic heterocycles. The van der Waals surface area contributed by atoms with Crippen LogP contribution in [0, 0.1) is 0 Å². The molecule has 12 rings (SSSR count). The highest BCUT2D eigenvalue weighted by atomic mass is 16.3. The second-order valence-electron chi connectivity index (χ2n) is 16.7. The molecule has 0 spiro atoms. The SMILES string of the molecule is c1ccc(-c2ccc(-c3nc(-c4ccc(-c5cc(-c6ccccc6)c(-c6ccccc6)c(-c6ccccc6)c5-c5ccccc5)cc4)nc(-c4ccc5c(c4)oc4ccccc45)n3)cc2)cc1. The third-order valence-electron chi connectivity index (χ3n) is 12.6. The summed E-state index contributed by atoms with van der Waals surface area (Å²) in [6.07, 6.45) is 0. The summed E-state index contributed by atoms with van der Waals surface area (Å²) in [5.41, 5.74) is 18.1. The smallest absolute Gasteiger partial charge is 0.164 e.